The first-order chi connectivity index (χ1) is 15.3. The minimum atomic E-state index is -3.03. The van der Waals surface area contributed by atoms with Crippen molar-refractivity contribution in [2.45, 2.75) is 71.1 Å². The number of nitrogens with zero attached hydrogens (tertiary/aromatic N) is 2. The Bertz CT molecular complexity index is 915. The predicted molar refractivity (Wildman–Crippen MR) is 123 cm³/mol. The molecular weight excluding hydrogens is 414 g/mol. The smallest absolute Gasteiger partial charge is 0.388 e. The normalized spacial score (nSPS) is 18.6. The van der Waals surface area contributed by atoms with Gasteiger partial charge in [-0.25, -0.2) is 9.78 Å². The summed E-state index contributed by atoms with van der Waals surface area (Å²) in [7, 11) is 1.96. The van der Waals surface area contributed by atoms with Gasteiger partial charge >= 0.3 is 12.6 Å². The Labute approximate surface area is 188 Å². The van der Waals surface area contributed by atoms with Crippen molar-refractivity contribution < 1.29 is 18.3 Å². The molecule has 0 bridgehead atoms. The second kappa shape index (κ2) is 10.7. The van der Waals surface area contributed by atoms with Gasteiger partial charge in [0.2, 0.25) is 5.88 Å². The molecule has 1 aliphatic carbocycles. The Balaban J connectivity index is 1.95. The molecule has 3 rings (SSSR count). The summed E-state index contributed by atoms with van der Waals surface area (Å²) in [6.45, 7) is 2.82. The van der Waals surface area contributed by atoms with Gasteiger partial charge in [-0.05, 0) is 69.3 Å². The van der Waals surface area contributed by atoms with Crippen LogP contribution in [0, 0.1) is 6.92 Å². The number of benzene rings is 1. The third-order valence-electron chi connectivity index (χ3n) is 5.95. The summed E-state index contributed by atoms with van der Waals surface area (Å²) in [6.07, 6.45) is 3.61. The zero-order chi connectivity index (χ0) is 23.3. The van der Waals surface area contributed by atoms with Crippen LogP contribution in [0.25, 0.3) is 0 Å². The Morgan fingerprint density at radius 1 is 1.12 bits per heavy atom. The third-order valence-corrected chi connectivity index (χ3v) is 5.95. The van der Waals surface area contributed by atoms with E-state index in [1.54, 1.807) is 24.0 Å². The zero-order valence-corrected chi connectivity index (χ0v) is 19.1. The summed E-state index contributed by atoms with van der Waals surface area (Å²) in [5.41, 5.74) is 2.54. The lowest BCUT2D eigenvalue weighted by atomic mass is 9.89. The number of urea groups is 1. The number of para-hydroxylation sites is 1. The van der Waals surface area contributed by atoms with Crippen molar-refractivity contribution in [2.24, 2.45) is 0 Å². The van der Waals surface area contributed by atoms with Gasteiger partial charge in [-0.2, -0.15) is 8.78 Å². The molecule has 8 heteroatoms. The van der Waals surface area contributed by atoms with Gasteiger partial charge in [0.05, 0.1) is 0 Å². The number of aryl methyl sites for hydroxylation is 1. The minimum absolute atomic E-state index is 0.00243. The summed E-state index contributed by atoms with van der Waals surface area (Å²) in [6, 6.07) is 11.1. The average Bonchev–Trinajstić information content (AvgIpc) is 2.76. The van der Waals surface area contributed by atoms with Crippen LogP contribution in [-0.4, -0.2) is 36.8 Å². The molecule has 0 spiro atoms. The molecule has 2 amide bonds. The van der Waals surface area contributed by atoms with Crippen molar-refractivity contribution >= 4 is 17.4 Å². The summed E-state index contributed by atoms with van der Waals surface area (Å²) in [5, 5.41) is 6.10. The van der Waals surface area contributed by atoms with Gasteiger partial charge in [0.1, 0.15) is 5.69 Å². The Kier molecular flexibility index (Phi) is 8.01. The Morgan fingerprint density at radius 3 is 2.44 bits per heavy atom. The number of alkyl halides is 2. The summed E-state index contributed by atoms with van der Waals surface area (Å²) >= 11 is 0. The van der Waals surface area contributed by atoms with Crippen molar-refractivity contribution in [3.8, 4) is 5.88 Å². The van der Waals surface area contributed by atoms with Gasteiger partial charge < -0.3 is 15.4 Å². The van der Waals surface area contributed by atoms with Gasteiger partial charge in [0.15, 0.2) is 0 Å². The predicted octanol–water partition coefficient (Wildman–Crippen LogP) is 5.68. The molecule has 1 aromatic carbocycles. The van der Waals surface area contributed by atoms with E-state index in [4.69, 9.17) is 0 Å². The zero-order valence-electron chi connectivity index (χ0n) is 19.1. The number of hydrogen-bond acceptors (Lipinski definition) is 4. The van der Waals surface area contributed by atoms with Gasteiger partial charge in [-0.15, -0.1) is 0 Å². The molecule has 0 atom stereocenters. The molecule has 0 aliphatic heterocycles. The van der Waals surface area contributed by atoms with Crippen LogP contribution >= 0.6 is 0 Å². The van der Waals surface area contributed by atoms with Crippen LogP contribution in [-0.2, 0) is 0 Å². The lowest BCUT2D eigenvalue weighted by Crippen LogP contribution is -2.47. The second-order valence-electron chi connectivity index (χ2n) is 8.49. The SMILES string of the molecule is CNC1CCC(N(C(=O)Nc2ccc(C)nc2OC(F)F)c2ccccc2C(C)C)CC1. The third kappa shape index (κ3) is 5.73. The van der Waals surface area contributed by atoms with E-state index < -0.39 is 6.61 Å². The average molecular weight is 447 g/mol. The van der Waals surface area contributed by atoms with Crippen molar-refractivity contribution in [2.75, 3.05) is 17.3 Å². The van der Waals surface area contributed by atoms with Crippen LogP contribution in [0.15, 0.2) is 36.4 Å². The first-order valence-electron chi connectivity index (χ1n) is 11.1. The maximum absolute atomic E-state index is 13.6. The van der Waals surface area contributed by atoms with Crippen LogP contribution in [0.1, 0.15) is 56.7 Å². The molecule has 0 saturated heterocycles. The van der Waals surface area contributed by atoms with Gasteiger partial charge in [0.25, 0.3) is 0 Å². The molecule has 0 radical (unpaired) electrons. The molecule has 1 aliphatic rings. The quantitative estimate of drug-likeness (QED) is 0.574. The highest BCUT2D eigenvalue weighted by Gasteiger charge is 2.32. The number of anilines is 2. The maximum Gasteiger partial charge on any atom is 0.388 e. The van der Waals surface area contributed by atoms with Crippen LogP contribution in [0.2, 0.25) is 0 Å². The summed E-state index contributed by atoms with van der Waals surface area (Å²) < 4.78 is 30.4. The van der Waals surface area contributed by atoms with E-state index in [0.29, 0.717) is 11.7 Å². The molecule has 1 fully saturated rings. The molecule has 1 heterocycles. The van der Waals surface area contributed by atoms with Crippen LogP contribution in [0.5, 0.6) is 5.88 Å². The van der Waals surface area contributed by atoms with E-state index in [0.717, 1.165) is 36.9 Å². The highest BCUT2D eigenvalue weighted by molar-refractivity contribution is 6.03. The van der Waals surface area contributed by atoms with Crippen molar-refractivity contribution in [1.29, 1.82) is 0 Å². The fourth-order valence-corrected chi connectivity index (χ4v) is 4.27. The number of carbonyl (C=O) groups is 1. The summed E-state index contributed by atoms with van der Waals surface area (Å²) in [5.74, 6) is -0.0711. The van der Waals surface area contributed by atoms with E-state index in [1.807, 2.05) is 31.3 Å². The van der Waals surface area contributed by atoms with Crippen LogP contribution in [0.4, 0.5) is 25.0 Å². The highest BCUT2D eigenvalue weighted by atomic mass is 19.3. The van der Waals surface area contributed by atoms with E-state index in [9.17, 15) is 13.6 Å². The topological polar surface area (TPSA) is 66.5 Å². The number of aromatic nitrogens is 1. The number of amides is 2. The number of nitrogens with one attached hydrogen (secondary N) is 2. The first kappa shape index (κ1) is 23.9. The molecule has 6 nitrogen and oxygen atoms in total. The van der Waals surface area contributed by atoms with Crippen molar-refractivity contribution in [3.63, 3.8) is 0 Å². The first-order valence-corrected chi connectivity index (χ1v) is 11.1. The Hall–Kier alpha value is -2.74. The number of hydrogen-bond donors (Lipinski definition) is 2. The van der Waals surface area contributed by atoms with Gasteiger partial charge in [-0.1, -0.05) is 32.0 Å². The highest BCUT2D eigenvalue weighted by Crippen LogP contribution is 2.34. The minimum Gasteiger partial charge on any atom is -0.415 e. The van der Waals surface area contributed by atoms with E-state index in [-0.39, 0.29) is 29.6 Å². The Morgan fingerprint density at radius 2 is 1.81 bits per heavy atom. The molecule has 2 aromatic rings. The van der Waals surface area contributed by atoms with Gasteiger partial charge in [0, 0.05) is 23.5 Å². The molecule has 0 unspecified atom stereocenters. The van der Waals surface area contributed by atoms with Crippen molar-refractivity contribution in [1.82, 2.24) is 10.3 Å². The van der Waals surface area contributed by atoms with Crippen molar-refractivity contribution in [3.05, 3.63) is 47.7 Å². The second-order valence-corrected chi connectivity index (χ2v) is 8.49. The summed E-state index contributed by atoms with van der Waals surface area (Å²) in [4.78, 5) is 19.4. The fraction of sp³-hybridized carbons (Fsp3) is 0.500. The lowest BCUT2D eigenvalue weighted by molar-refractivity contribution is -0.0523. The molecule has 32 heavy (non-hydrogen) atoms. The molecular formula is C24H32F2N4O2. The largest absolute Gasteiger partial charge is 0.415 e. The number of rotatable bonds is 7. The number of halogens is 2. The van der Waals surface area contributed by atoms with E-state index >= 15 is 0 Å². The standard InChI is InChI=1S/C24H32F2N4O2/c1-15(2)19-7-5-6-8-21(19)30(18-12-10-17(27-4)11-13-18)24(31)29-20-14-9-16(3)28-22(20)32-23(25)26/h5-9,14-15,17-18,23,27H,10-13H2,1-4H3,(H,29,31). The number of ether oxygens (including phenoxy) is 1. The number of pyridine rings is 1. The lowest BCUT2D eigenvalue weighted by Gasteiger charge is -2.38. The van der Waals surface area contributed by atoms with Crippen LogP contribution < -0.4 is 20.3 Å². The van der Waals surface area contributed by atoms with Gasteiger partial charge in [-0.3, -0.25) is 4.90 Å². The molecule has 1 aromatic heterocycles. The fourth-order valence-electron chi connectivity index (χ4n) is 4.27. The molecule has 174 valence electrons. The van der Waals surface area contributed by atoms with Crippen LogP contribution in [0.3, 0.4) is 0 Å². The molecule has 2 N–H and O–H groups in total. The maximum atomic E-state index is 13.6. The monoisotopic (exact) mass is 446 g/mol. The van der Waals surface area contributed by atoms with E-state index in [2.05, 4.69) is 34.2 Å². The number of carbonyl (C=O) groups excluding carboxylic acids is 1. The van der Waals surface area contributed by atoms with E-state index in [1.165, 1.54) is 0 Å². The molecule has 1 saturated carbocycles.